The average molecular weight is 358 g/mol. The van der Waals surface area contributed by atoms with Crippen LogP contribution in [0.5, 0.6) is 0 Å². The van der Waals surface area contributed by atoms with E-state index in [0.29, 0.717) is 17.1 Å². The third-order valence-electron chi connectivity index (χ3n) is 4.97. The lowest BCUT2D eigenvalue weighted by Gasteiger charge is -2.18. The van der Waals surface area contributed by atoms with E-state index in [1.54, 1.807) is 17.0 Å². The second-order valence-corrected chi connectivity index (χ2v) is 7.00. The predicted molar refractivity (Wildman–Crippen MR) is 97.1 cm³/mol. The van der Waals surface area contributed by atoms with E-state index in [1.165, 1.54) is 0 Å². The normalized spacial score (nSPS) is 19.9. The summed E-state index contributed by atoms with van der Waals surface area (Å²) in [4.78, 5) is 26.2. The first kappa shape index (κ1) is 17.5. The summed E-state index contributed by atoms with van der Waals surface area (Å²) >= 11 is 6.26. The van der Waals surface area contributed by atoms with Gasteiger partial charge in [0.05, 0.1) is 16.5 Å². The molecule has 0 aromatic heterocycles. The van der Waals surface area contributed by atoms with Gasteiger partial charge in [-0.3, -0.25) is 9.59 Å². The van der Waals surface area contributed by atoms with Crippen molar-refractivity contribution in [3.8, 4) is 0 Å². The van der Waals surface area contributed by atoms with Gasteiger partial charge in [0.25, 0.3) is 5.91 Å². The minimum absolute atomic E-state index is 0.191. The van der Waals surface area contributed by atoms with Crippen LogP contribution < -0.4 is 0 Å². The lowest BCUT2D eigenvalue weighted by atomic mass is 9.89. The Hall–Kier alpha value is -2.33. The largest absolute Gasteiger partial charge is 0.481 e. The molecule has 5 heteroatoms. The number of aliphatic carboxylic acids is 1. The molecule has 2 atom stereocenters. The number of carbonyl (C=O) groups excluding carboxylic acids is 1. The molecular formula is C20H20ClNO3. The molecule has 1 fully saturated rings. The Labute approximate surface area is 152 Å². The van der Waals surface area contributed by atoms with Gasteiger partial charge < -0.3 is 10.0 Å². The van der Waals surface area contributed by atoms with Gasteiger partial charge >= 0.3 is 5.97 Å². The van der Waals surface area contributed by atoms with E-state index in [1.807, 2.05) is 44.2 Å². The number of amides is 1. The third-order valence-corrected chi connectivity index (χ3v) is 5.28. The number of benzene rings is 2. The highest BCUT2D eigenvalue weighted by Gasteiger charge is 2.40. The number of carbonyl (C=O) groups is 2. The zero-order valence-electron chi connectivity index (χ0n) is 14.2. The van der Waals surface area contributed by atoms with Crippen LogP contribution in [0, 0.1) is 19.8 Å². The van der Waals surface area contributed by atoms with Gasteiger partial charge in [-0.25, -0.2) is 0 Å². The van der Waals surface area contributed by atoms with Gasteiger partial charge in [0.15, 0.2) is 0 Å². The van der Waals surface area contributed by atoms with E-state index in [0.717, 1.165) is 16.7 Å². The van der Waals surface area contributed by atoms with E-state index in [-0.39, 0.29) is 18.4 Å². The Kier molecular flexibility index (Phi) is 4.82. The fourth-order valence-electron chi connectivity index (χ4n) is 3.37. The first-order chi connectivity index (χ1) is 11.9. The van der Waals surface area contributed by atoms with Gasteiger partial charge in [-0.1, -0.05) is 41.9 Å². The number of nitrogens with zero attached hydrogens (tertiary/aromatic N) is 1. The average Bonchev–Trinajstić information content (AvgIpc) is 3.04. The molecule has 1 saturated heterocycles. The molecule has 4 nitrogen and oxygen atoms in total. The summed E-state index contributed by atoms with van der Waals surface area (Å²) in [6.45, 7) is 4.44. The summed E-state index contributed by atoms with van der Waals surface area (Å²) in [5.41, 5.74) is 3.38. The van der Waals surface area contributed by atoms with Crippen LogP contribution in [0.25, 0.3) is 0 Å². The van der Waals surface area contributed by atoms with Gasteiger partial charge in [-0.15, -0.1) is 0 Å². The summed E-state index contributed by atoms with van der Waals surface area (Å²) in [7, 11) is 0. The Balaban J connectivity index is 1.90. The Morgan fingerprint density at radius 3 is 2.36 bits per heavy atom. The molecule has 25 heavy (non-hydrogen) atoms. The molecule has 1 aliphatic heterocycles. The Morgan fingerprint density at radius 2 is 1.72 bits per heavy atom. The lowest BCUT2D eigenvalue weighted by molar-refractivity contribution is -0.141. The number of rotatable bonds is 3. The molecule has 0 bridgehead atoms. The molecule has 0 spiro atoms. The van der Waals surface area contributed by atoms with Crippen LogP contribution in [0.2, 0.25) is 5.02 Å². The summed E-state index contributed by atoms with van der Waals surface area (Å²) in [5, 5.41) is 9.99. The number of aryl methyl sites for hydroxylation is 2. The quantitative estimate of drug-likeness (QED) is 0.906. The monoisotopic (exact) mass is 357 g/mol. The molecule has 0 unspecified atom stereocenters. The molecule has 1 N–H and O–H groups in total. The lowest BCUT2D eigenvalue weighted by Crippen LogP contribution is -2.30. The van der Waals surface area contributed by atoms with Crippen molar-refractivity contribution in [1.82, 2.24) is 4.90 Å². The van der Waals surface area contributed by atoms with E-state index in [9.17, 15) is 14.7 Å². The molecule has 0 saturated carbocycles. The number of likely N-dealkylation sites (tertiary alicyclic amines) is 1. The van der Waals surface area contributed by atoms with Crippen LogP contribution >= 0.6 is 11.6 Å². The molecular weight excluding hydrogens is 338 g/mol. The fraction of sp³-hybridized carbons (Fsp3) is 0.300. The summed E-state index contributed by atoms with van der Waals surface area (Å²) in [6.07, 6.45) is 0. The van der Waals surface area contributed by atoms with Crippen LogP contribution in [-0.4, -0.2) is 35.0 Å². The summed E-state index contributed by atoms with van der Waals surface area (Å²) < 4.78 is 0. The second kappa shape index (κ2) is 6.89. The van der Waals surface area contributed by atoms with Crippen LogP contribution in [0.15, 0.2) is 42.5 Å². The van der Waals surface area contributed by atoms with Crippen molar-refractivity contribution in [2.24, 2.45) is 5.92 Å². The van der Waals surface area contributed by atoms with Crippen LogP contribution in [-0.2, 0) is 4.79 Å². The highest BCUT2D eigenvalue weighted by atomic mass is 35.5. The van der Waals surface area contributed by atoms with E-state index < -0.39 is 11.9 Å². The van der Waals surface area contributed by atoms with Crippen LogP contribution in [0.4, 0.5) is 0 Å². The van der Waals surface area contributed by atoms with Crippen molar-refractivity contribution in [3.63, 3.8) is 0 Å². The maximum Gasteiger partial charge on any atom is 0.308 e. The molecule has 3 rings (SSSR count). The molecule has 2 aromatic carbocycles. The smallest absolute Gasteiger partial charge is 0.308 e. The van der Waals surface area contributed by atoms with Crippen molar-refractivity contribution in [2.45, 2.75) is 19.8 Å². The summed E-state index contributed by atoms with van der Waals surface area (Å²) in [6, 6.07) is 13.1. The predicted octanol–water partition coefficient (Wildman–Crippen LogP) is 3.90. The van der Waals surface area contributed by atoms with Gasteiger partial charge in [-0.2, -0.15) is 0 Å². The number of hydrogen-bond acceptors (Lipinski definition) is 2. The van der Waals surface area contributed by atoms with Crippen molar-refractivity contribution in [3.05, 3.63) is 69.7 Å². The SMILES string of the molecule is Cc1cc(Cl)c(C(=O)N2C[C@H](C(=O)O)[C@H](c3ccccc3)C2)cc1C. The van der Waals surface area contributed by atoms with Gasteiger partial charge in [-0.05, 0) is 42.7 Å². The molecule has 2 aromatic rings. The maximum atomic E-state index is 12.9. The van der Waals surface area contributed by atoms with Crippen molar-refractivity contribution < 1.29 is 14.7 Å². The molecule has 0 radical (unpaired) electrons. The highest BCUT2D eigenvalue weighted by molar-refractivity contribution is 6.34. The topological polar surface area (TPSA) is 57.6 Å². The number of halogens is 1. The summed E-state index contributed by atoms with van der Waals surface area (Å²) in [5.74, 6) is -1.92. The van der Waals surface area contributed by atoms with Crippen molar-refractivity contribution >= 4 is 23.5 Å². The zero-order chi connectivity index (χ0) is 18.1. The first-order valence-corrected chi connectivity index (χ1v) is 8.60. The second-order valence-electron chi connectivity index (χ2n) is 6.59. The van der Waals surface area contributed by atoms with Crippen LogP contribution in [0.1, 0.15) is 33.0 Å². The van der Waals surface area contributed by atoms with E-state index in [4.69, 9.17) is 11.6 Å². The highest BCUT2D eigenvalue weighted by Crippen LogP contribution is 2.34. The van der Waals surface area contributed by atoms with Crippen LogP contribution in [0.3, 0.4) is 0 Å². The first-order valence-electron chi connectivity index (χ1n) is 8.22. The van der Waals surface area contributed by atoms with Gasteiger partial charge in [0, 0.05) is 19.0 Å². The van der Waals surface area contributed by atoms with Gasteiger partial charge in [0.2, 0.25) is 0 Å². The minimum atomic E-state index is -0.879. The molecule has 1 amide bonds. The van der Waals surface area contributed by atoms with E-state index in [2.05, 4.69) is 0 Å². The van der Waals surface area contributed by atoms with E-state index >= 15 is 0 Å². The minimum Gasteiger partial charge on any atom is -0.481 e. The van der Waals surface area contributed by atoms with Crippen molar-refractivity contribution in [1.29, 1.82) is 0 Å². The molecule has 1 aliphatic rings. The number of hydrogen-bond donors (Lipinski definition) is 1. The molecule has 1 heterocycles. The Bertz CT molecular complexity index is 819. The molecule has 130 valence electrons. The third kappa shape index (κ3) is 3.40. The standard InChI is InChI=1S/C20H20ClNO3/c1-12-8-15(18(21)9-13(12)2)19(23)22-10-16(17(11-22)20(24)25)14-6-4-3-5-7-14/h3-9,16-17H,10-11H2,1-2H3,(H,24,25)/t16-,17-/m0/s1. The maximum absolute atomic E-state index is 12.9. The number of carboxylic acid groups (broad SMARTS) is 1. The van der Waals surface area contributed by atoms with Crippen molar-refractivity contribution in [2.75, 3.05) is 13.1 Å². The Morgan fingerprint density at radius 1 is 1.08 bits per heavy atom. The zero-order valence-corrected chi connectivity index (χ0v) is 15.0. The molecule has 0 aliphatic carbocycles. The number of carboxylic acids is 1. The van der Waals surface area contributed by atoms with Gasteiger partial charge in [0.1, 0.15) is 0 Å². The fourth-order valence-corrected chi connectivity index (χ4v) is 3.67.